The summed E-state index contributed by atoms with van der Waals surface area (Å²) in [5.41, 5.74) is 0. The Morgan fingerprint density at radius 1 is 1.50 bits per heavy atom. The van der Waals surface area contributed by atoms with Gasteiger partial charge in [0.25, 0.3) is 0 Å². The highest BCUT2D eigenvalue weighted by molar-refractivity contribution is 4.90. The quantitative estimate of drug-likeness (QED) is 0.579. The molecule has 0 radical (unpaired) electrons. The lowest BCUT2D eigenvalue weighted by Crippen LogP contribution is -2.16. The molecule has 1 nitrogen and oxygen atoms in total. The van der Waals surface area contributed by atoms with Crippen molar-refractivity contribution in [2.45, 2.75) is 26.7 Å². The Labute approximate surface area is 63.7 Å². The van der Waals surface area contributed by atoms with E-state index in [1.165, 1.54) is 25.9 Å². The lowest BCUT2D eigenvalue weighted by molar-refractivity contribution is 0.369. The first-order chi connectivity index (χ1) is 4.79. The third-order valence-electron chi connectivity index (χ3n) is 1.89. The van der Waals surface area contributed by atoms with Crippen molar-refractivity contribution in [1.82, 2.24) is 4.90 Å². The normalized spacial score (nSPS) is 17.3. The maximum Gasteiger partial charge on any atom is 0.0207 e. The van der Waals surface area contributed by atoms with E-state index in [1.807, 2.05) is 0 Å². The minimum Gasteiger partial charge on any atom is -0.377 e. The van der Waals surface area contributed by atoms with E-state index < -0.39 is 0 Å². The van der Waals surface area contributed by atoms with E-state index in [-0.39, 0.29) is 0 Å². The van der Waals surface area contributed by atoms with Gasteiger partial charge >= 0.3 is 0 Å². The lowest BCUT2D eigenvalue weighted by Gasteiger charge is -2.15. The minimum atomic E-state index is 0.842. The van der Waals surface area contributed by atoms with Crippen LogP contribution in [0.25, 0.3) is 0 Å². The summed E-state index contributed by atoms with van der Waals surface area (Å²) in [4.78, 5) is 2.40. The molecule has 10 heavy (non-hydrogen) atoms. The molecule has 1 heterocycles. The molecule has 1 aliphatic heterocycles. The Bertz CT molecular complexity index is 116. The van der Waals surface area contributed by atoms with Crippen molar-refractivity contribution in [3.8, 4) is 0 Å². The van der Waals surface area contributed by atoms with Crippen LogP contribution >= 0.6 is 0 Å². The largest absolute Gasteiger partial charge is 0.377 e. The Hall–Kier alpha value is -0.460. The van der Waals surface area contributed by atoms with Gasteiger partial charge in [-0.15, -0.1) is 0 Å². The topological polar surface area (TPSA) is 3.24 Å². The van der Waals surface area contributed by atoms with Gasteiger partial charge < -0.3 is 4.90 Å². The molecule has 1 rings (SSSR count). The predicted octanol–water partition coefficient (Wildman–Crippen LogP) is 2.25. The van der Waals surface area contributed by atoms with E-state index in [0.29, 0.717) is 0 Å². The third kappa shape index (κ3) is 2.42. The number of hydrogen-bond donors (Lipinski definition) is 0. The Morgan fingerprint density at radius 3 is 2.80 bits per heavy atom. The molecule has 0 aromatic heterocycles. The van der Waals surface area contributed by atoms with Gasteiger partial charge in [-0.3, -0.25) is 0 Å². The fraction of sp³-hybridized carbons (Fsp3) is 0.778. The van der Waals surface area contributed by atoms with Gasteiger partial charge in [-0.05, 0) is 25.0 Å². The molecule has 1 heteroatoms. The molecule has 0 aromatic rings. The van der Waals surface area contributed by atoms with Crippen LogP contribution in [0.3, 0.4) is 0 Å². The monoisotopic (exact) mass is 139 g/mol. The first kappa shape index (κ1) is 7.64. The molecule has 0 amide bonds. The van der Waals surface area contributed by atoms with E-state index >= 15 is 0 Å². The summed E-state index contributed by atoms with van der Waals surface area (Å²) >= 11 is 0. The van der Waals surface area contributed by atoms with E-state index in [4.69, 9.17) is 0 Å². The van der Waals surface area contributed by atoms with Gasteiger partial charge in [-0.1, -0.05) is 19.9 Å². The molecule has 0 aliphatic carbocycles. The SMILES string of the molecule is CC(C)CCN1C=CCC1. The van der Waals surface area contributed by atoms with Crippen LogP contribution in [0.15, 0.2) is 12.3 Å². The Morgan fingerprint density at radius 2 is 2.30 bits per heavy atom. The summed E-state index contributed by atoms with van der Waals surface area (Å²) in [5, 5.41) is 0. The van der Waals surface area contributed by atoms with Crippen LogP contribution in [0.5, 0.6) is 0 Å². The van der Waals surface area contributed by atoms with Crippen LogP contribution in [0, 0.1) is 5.92 Å². The van der Waals surface area contributed by atoms with Crippen molar-refractivity contribution in [3.05, 3.63) is 12.3 Å². The maximum atomic E-state index is 2.40. The second kappa shape index (κ2) is 3.65. The Balaban J connectivity index is 2.08. The molecule has 0 unspecified atom stereocenters. The van der Waals surface area contributed by atoms with Gasteiger partial charge in [0, 0.05) is 13.1 Å². The van der Waals surface area contributed by atoms with Gasteiger partial charge in [-0.25, -0.2) is 0 Å². The zero-order chi connectivity index (χ0) is 7.40. The summed E-state index contributed by atoms with van der Waals surface area (Å²) in [6.07, 6.45) is 7.05. The molecule has 0 N–H and O–H groups in total. The summed E-state index contributed by atoms with van der Waals surface area (Å²) in [6.45, 7) is 7.04. The standard InChI is InChI=1S/C9H17N/c1-9(2)5-8-10-6-3-4-7-10/h3,6,9H,4-5,7-8H2,1-2H3. The van der Waals surface area contributed by atoms with E-state index in [1.54, 1.807) is 0 Å². The van der Waals surface area contributed by atoms with Gasteiger partial charge in [0.15, 0.2) is 0 Å². The molecule has 0 spiro atoms. The van der Waals surface area contributed by atoms with Crippen LogP contribution in [-0.4, -0.2) is 18.0 Å². The average molecular weight is 139 g/mol. The molecule has 0 aromatic carbocycles. The van der Waals surface area contributed by atoms with Gasteiger partial charge in [0.2, 0.25) is 0 Å². The van der Waals surface area contributed by atoms with Crippen LogP contribution in [0.2, 0.25) is 0 Å². The molecule has 0 bridgehead atoms. The highest BCUT2D eigenvalue weighted by atomic mass is 15.1. The molecular weight excluding hydrogens is 122 g/mol. The van der Waals surface area contributed by atoms with Crippen molar-refractivity contribution < 1.29 is 0 Å². The number of nitrogens with zero attached hydrogens (tertiary/aromatic N) is 1. The van der Waals surface area contributed by atoms with Gasteiger partial charge in [0.05, 0.1) is 0 Å². The van der Waals surface area contributed by atoms with Crippen molar-refractivity contribution in [2.75, 3.05) is 13.1 Å². The molecule has 0 saturated heterocycles. The number of rotatable bonds is 3. The summed E-state index contributed by atoms with van der Waals surface area (Å²) in [7, 11) is 0. The Kier molecular flexibility index (Phi) is 2.79. The van der Waals surface area contributed by atoms with E-state index in [0.717, 1.165) is 5.92 Å². The van der Waals surface area contributed by atoms with Crippen molar-refractivity contribution in [3.63, 3.8) is 0 Å². The highest BCUT2D eigenvalue weighted by Crippen LogP contribution is 2.07. The first-order valence-electron chi connectivity index (χ1n) is 4.20. The van der Waals surface area contributed by atoms with Crippen LogP contribution < -0.4 is 0 Å². The van der Waals surface area contributed by atoms with Gasteiger partial charge in [-0.2, -0.15) is 0 Å². The summed E-state index contributed by atoms with van der Waals surface area (Å²) in [6, 6.07) is 0. The molecule has 58 valence electrons. The second-order valence-electron chi connectivity index (χ2n) is 3.39. The lowest BCUT2D eigenvalue weighted by atomic mass is 10.1. The fourth-order valence-corrected chi connectivity index (χ4v) is 1.15. The zero-order valence-corrected chi connectivity index (χ0v) is 7.01. The molecule has 0 atom stereocenters. The summed E-state index contributed by atoms with van der Waals surface area (Å²) in [5.74, 6) is 0.842. The smallest absolute Gasteiger partial charge is 0.0207 e. The van der Waals surface area contributed by atoms with Crippen LogP contribution in [0.4, 0.5) is 0 Å². The van der Waals surface area contributed by atoms with E-state index in [9.17, 15) is 0 Å². The molecule has 0 fully saturated rings. The van der Waals surface area contributed by atoms with Crippen LogP contribution in [0.1, 0.15) is 26.7 Å². The average Bonchev–Trinajstić information content (AvgIpc) is 2.34. The maximum absolute atomic E-state index is 2.40. The summed E-state index contributed by atoms with van der Waals surface area (Å²) < 4.78 is 0. The minimum absolute atomic E-state index is 0.842. The predicted molar refractivity (Wildman–Crippen MR) is 44.8 cm³/mol. The van der Waals surface area contributed by atoms with Crippen molar-refractivity contribution >= 4 is 0 Å². The third-order valence-corrected chi connectivity index (χ3v) is 1.89. The second-order valence-corrected chi connectivity index (χ2v) is 3.39. The molecule has 1 aliphatic rings. The molecular formula is C9H17N. The van der Waals surface area contributed by atoms with Crippen molar-refractivity contribution in [2.24, 2.45) is 5.92 Å². The number of hydrogen-bond acceptors (Lipinski definition) is 1. The van der Waals surface area contributed by atoms with E-state index in [2.05, 4.69) is 31.0 Å². The molecule has 0 saturated carbocycles. The van der Waals surface area contributed by atoms with Crippen LogP contribution in [-0.2, 0) is 0 Å². The first-order valence-corrected chi connectivity index (χ1v) is 4.20. The highest BCUT2D eigenvalue weighted by Gasteiger charge is 2.03. The fourth-order valence-electron chi connectivity index (χ4n) is 1.15. The zero-order valence-electron chi connectivity index (χ0n) is 7.01. The van der Waals surface area contributed by atoms with Crippen molar-refractivity contribution in [1.29, 1.82) is 0 Å². The van der Waals surface area contributed by atoms with Gasteiger partial charge in [0.1, 0.15) is 0 Å².